The highest BCUT2D eigenvalue weighted by Gasteiger charge is 2.30. The molecule has 1 rings (SSSR count). The summed E-state index contributed by atoms with van der Waals surface area (Å²) >= 11 is 0. The molecule has 0 bridgehead atoms. The average Bonchev–Trinajstić information content (AvgIpc) is 3.06. The summed E-state index contributed by atoms with van der Waals surface area (Å²) in [6.45, 7) is 5.09. The van der Waals surface area contributed by atoms with Crippen molar-refractivity contribution in [1.82, 2.24) is 4.90 Å². The summed E-state index contributed by atoms with van der Waals surface area (Å²) in [6.07, 6.45) is 5.47. The van der Waals surface area contributed by atoms with Gasteiger partial charge < -0.3 is 16.4 Å². The maximum Gasteiger partial charge on any atom is 0.237 e. The second-order valence-corrected chi connectivity index (χ2v) is 5.80. The molecule has 0 saturated heterocycles. The molecule has 0 radical (unpaired) electrons. The first-order valence-corrected chi connectivity index (χ1v) is 6.63. The zero-order chi connectivity index (χ0) is 13.1. The highest BCUT2D eigenvalue weighted by molar-refractivity contribution is 5.83. The van der Waals surface area contributed by atoms with Crippen LogP contribution in [0, 0.1) is 5.92 Å². The highest BCUT2D eigenvalue weighted by atomic mass is 16.1. The van der Waals surface area contributed by atoms with E-state index in [0.29, 0.717) is 12.5 Å². The fourth-order valence-corrected chi connectivity index (χ4v) is 2.12. The second kappa shape index (κ2) is 5.83. The van der Waals surface area contributed by atoms with Crippen molar-refractivity contribution in [2.75, 3.05) is 13.6 Å². The number of unbranched alkanes of at least 4 members (excludes halogenated alkanes) is 1. The van der Waals surface area contributed by atoms with E-state index in [1.54, 1.807) is 6.92 Å². The molecule has 17 heavy (non-hydrogen) atoms. The van der Waals surface area contributed by atoms with Crippen LogP contribution in [-0.2, 0) is 4.79 Å². The quantitative estimate of drug-likeness (QED) is 0.625. The van der Waals surface area contributed by atoms with E-state index in [9.17, 15) is 4.79 Å². The summed E-state index contributed by atoms with van der Waals surface area (Å²) in [6, 6.07) is 0.690. The van der Waals surface area contributed by atoms with E-state index < -0.39 is 11.4 Å². The van der Waals surface area contributed by atoms with Crippen molar-refractivity contribution >= 4 is 5.91 Å². The highest BCUT2D eigenvalue weighted by Crippen LogP contribution is 2.34. The number of rotatable bonds is 8. The van der Waals surface area contributed by atoms with Crippen LogP contribution >= 0.6 is 0 Å². The third-order valence-electron chi connectivity index (χ3n) is 4.02. The fraction of sp³-hybridized carbons (Fsp3) is 0.923. The number of amides is 1. The van der Waals surface area contributed by atoms with Crippen LogP contribution < -0.4 is 11.5 Å². The van der Waals surface area contributed by atoms with E-state index in [4.69, 9.17) is 11.5 Å². The molecule has 0 spiro atoms. The lowest BCUT2D eigenvalue weighted by Crippen LogP contribution is -2.49. The molecule has 100 valence electrons. The molecule has 0 aliphatic heterocycles. The van der Waals surface area contributed by atoms with E-state index in [1.807, 2.05) is 0 Å². The van der Waals surface area contributed by atoms with Gasteiger partial charge in [-0.25, -0.2) is 0 Å². The van der Waals surface area contributed by atoms with Gasteiger partial charge in [0.25, 0.3) is 0 Å². The maximum absolute atomic E-state index is 11.0. The van der Waals surface area contributed by atoms with Crippen molar-refractivity contribution in [3.05, 3.63) is 0 Å². The maximum atomic E-state index is 11.0. The van der Waals surface area contributed by atoms with Crippen LogP contribution in [0.1, 0.15) is 46.0 Å². The zero-order valence-electron chi connectivity index (χ0n) is 11.4. The minimum atomic E-state index is -0.847. The summed E-state index contributed by atoms with van der Waals surface area (Å²) in [5.41, 5.74) is 10.2. The number of carbonyl (C=O) groups excluding carboxylic acids is 1. The van der Waals surface area contributed by atoms with Crippen LogP contribution in [0.5, 0.6) is 0 Å². The van der Waals surface area contributed by atoms with E-state index in [-0.39, 0.29) is 0 Å². The van der Waals surface area contributed by atoms with Gasteiger partial charge in [-0.1, -0.05) is 0 Å². The van der Waals surface area contributed by atoms with Gasteiger partial charge in [-0.05, 0) is 65.5 Å². The normalized spacial score (nSPS) is 21.2. The number of hydrogen-bond donors (Lipinski definition) is 2. The van der Waals surface area contributed by atoms with Crippen LogP contribution in [0.2, 0.25) is 0 Å². The number of carbonyl (C=O) groups is 1. The number of nitrogens with two attached hydrogens (primary N) is 2. The summed E-state index contributed by atoms with van der Waals surface area (Å²) in [5.74, 6) is 0.502. The molecule has 0 heterocycles. The van der Waals surface area contributed by atoms with Gasteiger partial charge in [-0.3, -0.25) is 4.79 Å². The van der Waals surface area contributed by atoms with E-state index in [0.717, 1.165) is 25.3 Å². The predicted octanol–water partition coefficient (Wildman–Crippen LogP) is 1.09. The number of hydrogen-bond acceptors (Lipinski definition) is 3. The lowest BCUT2D eigenvalue weighted by molar-refractivity contribution is -0.122. The van der Waals surface area contributed by atoms with Crippen molar-refractivity contribution < 1.29 is 4.79 Å². The van der Waals surface area contributed by atoms with Gasteiger partial charge >= 0.3 is 0 Å². The molecule has 2 atom stereocenters. The third-order valence-corrected chi connectivity index (χ3v) is 4.02. The number of primary amides is 1. The van der Waals surface area contributed by atoms with Crippen molar-refractivity contribution in [2.45, 2.75) is 57.5 Å². The molecule has 2 unspecified atom stereocenters. The van der Waals surface area contributed by atoms with Crippen LogP contribution in [0.25, 0.3) is 0 Å². The lowest BCUT2D eigenvalue weighted by atomic mass is 9.95. The molecule has 4 N–H and O–H groups in total. The minimum Gasteiger partial charge on any atom is -0.368 e. The Labute approximate surface area is 105 Å². The van der Waals surface area contributed by atoms with Crippen molar-refractivity contribution in [3.8, 4) is 0 Å². The first kappa shape index (κ1) is 14.5. The third kappa shape index (κ3) is 4.64. The Morgan fingerprint density at radius 3 is 2.53 bits per heavy atom. The Hall–Kier alpha value is -0.610. The monoisotopic (exact) mass is 241 g/mol. The van der Waals surface area contributed by atoms with Gasteiger partial charge in [0.15, 0.2) is 0 Å². The van der Waals surface area contributed by atoms with Crippen molar-refractivity contribution in [2.24, 2.45) is 17.4 Å². The minimum absolute atomic E-state index is 0.405. The standard InChI is InChI=1S/C13H27N3O/c1-10(11-6-7-11)16(3)9-5-4-8-13(2,15)12(14)17/h10-11H,4-9,15H2,1-3H3,(H2,14,17). The van der Waals surface area contributed by atoms with Gasteiger partial charge in [0, 0.05) is 6.04 Å². The molecular weight excluding hydrogens is 214 g/mol. The SMILES string of the molecule is CC(C1CC1)N(C)CCCCC(C)(N)C(N)=O. The molecule has 4 heteroatoms. The Balaban J connectivity index is 2.13. The molecule has 1 aliphatic rings. The van der Waals surface area contributed by atoms with Gasteiger partial charge in [0.05, 0.1) is 5.54 Å². The summed E-state index contributed by atoms with van der Waals surface area (Å²) in [4.78, 5) is 13.5. The Kier molecular flexibility index (Phi) is 4.95. The summed E-state index contributed by atoms with van der Waals surface area (Å²) < 4.78 is 0. The lowest BCUT2D eigenvalue weighted by Gasteiger charge is -2.25. The van der Waals surface area contributed by atoms with Crippen LogP contribution in [0.4, 0.5) is 0 Å². The second-order valence-electron chi connectivity index (χ2n) is 5.80. The Bertz CT molecular complexity index is 261. The molecule has 1 aliphatic carbocycles. The first-order valence-electron chi connectivity index (χ1n) is 6.63. The average molecular weight is 241 g/mol. The van der Waals surface area contributed by atoms with Crippen LogP contribution in [-0.4, -0.2) is 36.0 Å². The Morgan fingerprint density at radius 2 is 2.06 bits per heavy atom. The van der Waals surface area contributed by atoms with E-state index in [1.165, 1.54) is 12.8 Å². The van der Waals surface area contributed by atoms with Crippen molar-refractivity contribution in [3.63, 3.8) is 0 Å². The Morgan fingerprint density at radius 1 is 1.47 bits per heavy atom. The molecule has 0 aromatic carbocycles. The molecule has 0 aromatic heterocycles. The summed E-state index contributed by atoms with van der Waals surface area (Å²) in [7, 11) is 2.18. The topological polar surface area (TPSA) is 72.3 Å². The smallest absolute Gasteiger partial charge is 0.237 e. The predicted molar refractivity (Wildman–Crippen MR) is 70.5 cm³/mol. The number of nitrogens with zero attached hydrogens (tertiary/aromatic N) is 1. The molecule has 0 aromatic rings. The van der Waals surface area contributed by atoms with Gasteiger partial charge in [0.2, 0.25) is 5.91 Å². The molecule has 4 nitrogen and oxygen atoms in total. The van der Waals surface area contributed by atoms with Gasteiger partial charge in [-0.15, -0.1) is 0 Å². The van der Waals surface area contributed by atoms with E-state index in [2.05, 4.69) is 18.9 Å². The zero-order valence-corrected chi connectivity index (χ0v) is 11.4. The largest absolute Gasteiger partial charge is 0.368 e. The van der Waals surface area contributed by atoms with Crippen molar-refractivity contribution in [1.29, 1.82) is 0 Å². The molecule has 1 amide bonds. The molecular formula is C13H27N3O. The van der Waals surface area contributed by atoms with Crippen LogP contribution in [0.3, 0.4) is 0 Å². The van der Waals surface area contributed by atoms with Crippen LogP contribution in [0.15, 0.2) is 0 Å². The molecule has 1 saturated carbocycles. The van der Waals surface area contributed by atoms with Gasteiger partial charge in [-0.2, -0.15) is 0 Å². The summed E-state index contributed by atoms with van der Waals surface area (Å²) in [5, 5.41) is 0. The fourth-order valence-electron chi connectivity index (χ4n) is 2.12. The molecule has 1 fully saturated rings. The van der Waals surface area contributed by atoms with E-state index >= 15 is 0 Å². The van der Waals surface area contributed by atoms with Gasteiger partial charge in [0.1, 0.15) is 0 Å². The first-order chi connectivity index (χ1) is 7.84.